The third kappa shape index (κ3) is 6.40. The van der Waals surface area contributed by atoms with Crippen molar-refractivity contribution in [2.24, 2.45) is 0 Å². The van der Waals surface area contributed by atoms with Gasteiger partial charge in [0, 0.05) is 48.4 Å². The summed E-state index contributed by atoms with van der Waals surface area (Å²) < 4.78 is 17.0. The van der Waals surface area contributed by atoms with Crippen LogP contribution in [-0.4, -0.2) is 32.1 Å². The van der Waals surface area contributed by atoms with Gasteiger partial charge in [0.25, 0.3) is 0 Å². The van der Waals surface area contributed by atoms with E-state index in [1.165, 1.54) is 11.1 Å². The molecule has 0 aliphatic heterocycles. The van der Waals surface area contributed by atoms with E-state index >= 15 is 0 Å². The molecule has 2 aliphatic rings. The van der Waals surface area contributed by atoms with E-state index in [-0.39, 0.29) is 12.6 Å². The standard InChI is InChI=1S/C13H15BrO2.C12H14O3/c1-2-5-16-13-7-10(14)6-9-3-4-11(15)8-12(9)13;1-14-8-15-12-4-2-3-9-5-6-10(13)7-11(9)12/h6-7H,2-5,8H2,1H3;2-4H,5-8H2,1H3. The van der Waals surface area contributed by atoms with Gasteiger partial charge in [-0.2, -0.15) is 0 Å². The minimum atomic E-state index is 0.227. The maximum Gasteiger partial charge on any atom is 0.188 e. The molecule has 0 spiro atoms. The zero-order valence-corrected chi connectivity index (χ0v) is 19.8. The quantitative estimate of drug-likeness (QED) is 0.534. The number of ketones is 2. The van der Waals surface area contributed by atoms with Crippen LogP contribution in [0.25, 0.3) is 0 Å². The van der Waals surface area contributed by atoms with E-state index in [9.17, 15) is 9.59 Å². The van der Waals surface area contributed by atoms with Crippen molar-refractivity contribution in [2.75, 3.05) is 20.5 Å². The third-order valence-corrected chi connectivity index (χ3v) is 5.84. The number of fused-ring (bicyclic) bond motifs is 2. The summed E-state index contributed by atoms with van der Waals surface area (Å²) in [5.74, 6) is 2.26. The van der Waals surface area contributed by atoms with Crippen molar-refractivity contribution in [3.05, 3.63) is 57.1 Å². The fourth-order valence-electron chi connectivity index (χ4n) is 3.85. The molecule has 0 aromatic heterocycles. The maximum atomic E-state index is 11.5. The van der Waals surface area contributed by atoms with Crippen LogP contribution in [0.4, 0.5) is 0 Å². The van der Waals surface area contributed by atoms with Gasteiger partial charge in [-0.3, -0.25) is 9.59 Å². The Kier molecular flexibility index (Phi) is 8.67. The first kappa shape index (κ1) is 23.5. The predicted octanol–water partition coefficient (Wildman–Crippen LogP) is 5.02. The molecule has 0 N–H and O–H groups in total. The summed E-state index contributed by atoms with van der Waals surface area (Å²) in [6.07, 6.45) is 5.00. The summed E-state index contributed by atoms with van der Waals surface area (Å²) in [6, 6.07) is 9.96. The molecule has 0 heterocycles. The molecule has 2 aromatic rings. The van der Waals surface area contributed by atoms with Crippen LogP contribution in [0, 0.1) is 0 Å². The Labute approximate surface area is 192 Å². The van der Waals surface area contributed by atoms with Gasteiger partial charge in [0.05, 0.1) is 6.61 Å². The van der Waals surface area contributed by atoms with Crippen LogP contribution in [-0.2, 0) is 40.0 Å². The SMILES string of the molecule is CCCOc1cc(Br)cc2c1CC(=O)CC2.COCOc1cccc2c1CC(=O)CC2. The van der Waals surface area contributed by atoms with Crippen molar-refractivity contribution in [2.45, 2.75) is 51.9 Å². The molecular formula is C25H29BrO5. The van der Waals surface area contributed by atoms with Gasteiger partial charge in [0.1, 0.15) is 23.1 Å². The van der Waals surface area contributed by atoms with Gasteiger partial charge in [-0.25, -0.2) is 0 Å². The van der Waals surface area contributed by atoms with Crippen molar-refractivity contribution in [1.29, 1.82) is 0 Å². The number of Topliss-reactive ketones (excluding diaryl/α,β-unsaturated/α-hetero) is 2. The second kappa shape index (κ2) is 11.4. The minimum absolute atomic E-state index is 0.227. The molecule has 0 unspecified atom stereocenters. The summed E-state index contributed by atoms with van der Waals surface area (Å²) in [5.41, 5.74) is 4.60. The van der Waals surface area contributed by atoms with E-state index in [2.05, 4.69) is 35.0 Å². The summed E-state index contributed by atoms with van der Waals surface area (Å²) in [6.45, 7) is 3.01. The number of halogens is 1. The van der Waals surface area contributed by atoms with Crippen molar-refractivity contribution in [3.8, 4) is 11.5 Å². The average Bonchev–Trinajstić information content (AvgIpc) is 2.77. The molecule has 31 heavy (non-hydrogen) atoms. The van der Waals surface area contributed by atoms with E-state index in [0.717, 1.165) is 46.4 Å². The molecule has 2 aliphatic carbocycles. The average molecular weight is 489 g/mol. The Morgan fingerprint density at radius 2 is 1.55 bits per heavy atom. The monoisotopic (exact) mass is 488 g/mol. The molecule has 0 amide bonds. The minimum Gasteiger partial charge on any atom is -0.493 e. The first-order chi connectivity index (χ1) is 15.0. The van der Waals surface area contributed by atoms with E-state index in [0.29, 0.717) is 38.1 Å². The second-order valence-electron chi connectivity index (χ2n) is 7.77. The van der Waals surface area contributed by atoms with Crippen LogP contribution in [0.15, 0.2) is 34.8 Å². The summed E-state index contributed by atoms with van der Waals surface area (Å²) in [4.78, 5) is 22.8. The number of rotatable bonds is 6. The number of aryl methyl sites for hydroxylation is 2. The van der Waals surface area contributed by atoms with Crippen LogP contribution in [0.2, 0.25) is 0 Å². The van der Waals surface area contributed by atoms with Crippen LogP contribution in [0.1, 0.15) is 48.4 Å². The Hall–Kier alpha value is -2.18. The third-order valence-electron chi connectivity index (χ3n) is 5.38. The largest absolute Gasteiger partial charge is 0.493 e. The summed E-state index contributed by atoms with van der Waals surface area (Å²) >= 11 is 3.48. The Balaban J connectivity index is 0.000000176. The number of hydrogen-bond donors (Lipinski definition) is 0. The van der Waals surface area contributed by atoms with Crippen molar-refractivity contribution in [3.63, 3.8) is 0 Å². The second-order valence-corrected chi connectivity index (χ2v) is 8.68. The Bertz CT molecular complexity index is 938. The lowest BCUT2D eigenvalue weighted by Crippen LogP contribution is -2.15. The van der Waals surface area contributed by atoms with Crippen molar-refractivity contribution in [1.82, 2.24) is 0 Å². The lowest BCUT2D eigenvalue weighted by molar-refractivity contribution is -0.119. The molecule has 5 nitrogen and oxygen atoms in total. The molecule has 0 fully saturated rings. The molecule has 0 saturated carbocycles. The van der Waals surface area contributed by atoms with Crippen LogP contribution >= 0.6 is 15.9 Å². The number of carbonyl (C=O) groups excluding carboxylic acids is 2. The molecule has 166 valence electrons. The number of carbonyl (C=O) groups is 2. The van der Waals surface area contributed by atoms with Gasteiger partial charge >= 0.3 is 0 Å². The lowest BCUT2D eigenvalue weighted by Gasteiger charge is -2.19. The fourth-order valence-corrected chi connectivity index (χ4v) is 4.34. The van der Waals surface area contributed by atoms with Crippen molar-refractivity contribution < 1.29 is 23.8 Å². The highest BCUT2D eigenvalue weighted by Gasteiger charge is 2.20. The van der Waals surface area contributed by atoms with E-state index in [1.807, 2.05) is 18.2 Å². The first-order valence-corrected chi connectivity index (χ1v) is 11.5. The van der Waals surface area contributed by atoms with Crippen LogP contribution < -0.4 is 9.47 Å². The Morgan fingerprint density at radius 3 is 2.23 bits per heavy atom. The number of hydrogen-bond acceptors (Lipinski definition) is 5. The molecule has 0 atom stereocenters. The molecule has 0 saturated heterocycles. The lowest BCUT2D eigenvalue weighted by atomic mass is 9.90. The highest BCUT2D eigenvalue weighted by atomic mass is 79.9. The molecule has 0 bridgehead atoms. The molecule has 0 radical (unpaired) electrons. The highest BCUT2D eigenvalue weighted by molar-refractivity contribution is 9.10. The topological polar surface area (TPSA) is 61.8 Å². The van der Waals surface area contributed by atoms with Gasteiger partial charge in [0.15, 0.2) is 6.79 Å². The smallest absolute Gasteiger partial charge is 0.188 e. The number of ether oxygens (including phenoxy) is 3. The number of methoxy groups -OCH3 is 1. The van der Waals surface area contributed by atoms with E-state index < -0.39 is 0 Å². The van der Waals surface area contributed by atoms with E-state index in [4.69, 9.17) is 14.2 Å². The van der Waals surface area contributed by atoms with Gasteiger partial charge in [-0.15, -0.1) is 0 Å². The van der Waals surface area contributed by atoms with E-state index in [1.54, 1.807) is 7.11 Å². The van der Waals surface area contributed by atoms with Gasteiger partial charge in [-0.05, 0) is 48.6 Å². The predicted molar refractivity (Wildman–Crippen MR) is 123 cm³/mol. The summed E-state index contributed by atoms with van der Waals surface area (Å²) in [7, 11) is 1.58. The fraction of sp³-hybridized carbons (Fsp3) is 0.440. The molecule has 4 rings (SSSR count). The summed E-state index contributed by atoms with van der Waals surface area (Å²) in [5, 5.41) is 0. The highest BCUT2D eigenvalue weighted by Crippen LogP contribution is 2.32. The normalized spacial score (nSPS) is 14.8. The van der Waals surface area contributed by atoms with Crippen molar-refractivity contribution >= 4 is 27.5 Å². The van der Waals surface area contributed by atoms with Crippen LogP contribution in [0.5, 0.6) is 11.5 Å². The zero-order chi connectivity index (χ0) is 22.2. The molecule has 6 heteroatoms. The van der Waals surface area contributed by atoms with Gasteiger partial charge in [-0.1, -0.05) is 35.0 Å². The van der Waals surface area contributed by atoms with Gasteiger partial charge < -0.3 is 14.2 Å². The first-order valence-electron chi connectivity index (χ1n) is 10.7. The maximum absolute atomic E-state index is 11.5. The molecule has 2 aromatic carbocycles. The number of benzene rings is 2. The zero-order valence-electron chi connectivity index (χ0n) is 18.2. The Morgan fingerprint density at radius 1 is 0.871 bits per heavy atom. The van der Waals surface area contributed by atoms with Gasteiger partial charge in [0.2, 0.25) is 0 Å². The molecular weight excluding hydrogens is 460 g/mol. The van der Waals surface area contributed by atoms with Crippen LogP contribution in [0.3, 0.4) is 0 Å².